The smallest absolute Gasteiger partial charge is 0.0593 e. The van der Waals surface area contributed by atoms with Crippen LogP contribution in [-0.4, -0.2) is 68.3 Å². The largest absolute Gasteiger partial charge is 0.380 e. The van der Waals surface area contributed by atoms with Gasteiger partial charge in [0.2, 0.25) is 0 Å². The van der Waals surface area contributed by atoms with Gasteiger partial charge >= 0.3 is 0 Å². The summed E-state index contributed by atoms with van der Waals surface area (Å²) >= 11 is 0. The van der Waals surface area contributed by atoms with Gasteiger partial charge in [-0.25, -0.2) is 0 Å². The minimum atomic E-state index is 0.577. The summed E-state index contributed by atoms with van der Waals surface area (Å²) in [5.74, 6) is 0. The number of piperazine rings is 1. The molecule has 1 heterocycles. The Bertz CT molecular complexity index is 178. The summed E-state index contributed by atoms with van der Waals surface area (Å²) in [5.41, 5.74) is 5.79. The van der Waals surface area contributed by atoms with Gasteiger partial charge in [-0.05, 0) is 12.8 Å². The lowest BCUT2D eigenvalue weighted by atomic mass is 10.1. The molecule has 0 aromatic rings. The van der Waals surface area contributed by atoms with Crippen LogP contribution >= 0.6 is 0 Å². The first-order valence-electron chi connectivity index (χ1n) is 7.06. The lowest BCUT2D eigenvalue weighted by molar-refractivity contribution is 0.0616. The predicted octanol–water partition coefficient (Wildman–Crippen LogP) is 0.768. The van der Waals surface area contributed by atoms with Crippen molar-refractivity contribution in [2.45, 2.75) is 32.7 Å². The highest BCUT2D eigenvalue weighted by Gasteiger charge is 2.21. The van der Waals surface area contributed by atoms with E-state index in [1.54, 1.807) is 0 Å². The summed E-state index contributed by atoms with van der Waals surface area (Å²) < 4.78 is 5.53. The number of rotatable bonds is 8. The molecule has 0 spiro atoms. The number of nitrogens with zero attached hydrogens (tertiary/aromatic N) is 2. The van der Waals surface area contributed by atoms with E-state index >= 15 is 0 Å². The van der Waals surface area contributed by atoms with E-state index in [-0.39, 0.29) is 0 Å². The first-order valence-corrected chi connectivity index (χ1v) is 7.06. The van der Waals surface area contributed by atoms with Gasteiger partial charge in [0.05, 0.1) is 6.61 Å². The van der Waals surface area contributed by atoms with Crippen molar-refractivity contribution < 1.29 is 4.74 Å². The number of hydrogen-bond acceptors (Lipinski definition) is 4. The Balaban J connectivity index is 2.12. The zero-order chi connectivity index (χ0) is 12.5. The van der Waals surface area contributed by atoms with E-state index in [1.165, 1.54) is 0 Å². The van der Waals surface area contributed by atoms with E-state index in [1.807, 2.05) is 0 Å². The Morgan fingerprint density at radius 3 is 2.35 bits per heavy atom. The van der Waals surface area contributed by atoms with Crippen LogP contribution in [0.5, 0.6) is 0 Å². The van der Waals surface area contributed by atoms with Gasteiger partial charge < -0.3 is 10.5 Å². The molecule has 1 aliphatic rings. The first kappa shape index (κ1) is 14.9. The van der Waals surface area contributed by atoms with Crippen LogP contribution in [0.2, 0.25) is 0 Å². The molecule has 1 unspecified atom stereocenters. The van der Waals surface area contributed by atoms with Crippen molar-refractivity contribution in [2.75, 3.05) is 52.5 Å². The molecule has 17 heavy (non-hydrogen) atoms. The number of nitrogens with two attached hydrogens (primary N) is 1. The van der Waals surface area contributed by atoms with Gasteiger partial charge in [0.25, 0.3) is 0 Å². The lowest BCUT2D eigenvalue weighted by Crippen LogP contribution is -2.52. The Labute approximate surface area is 106 Å². The molecule has 1 aliphatic heterocycles. The van der Waals surface area contributed by atoms with Crippen molar-refractivity contribution in [1.82, 2.24) is 9.80 Å². The highest BCUT2D eigenvalue weighted by atomic mass is 16.5. The standard InChI is InChI=1S/C13H29N3O/c1-3-10-17-11-9-15-5-7-16(8-6-15)13(4-2)12-14/h13H,3-12,14H2,1-2H3. The summed E-state index contributed by atoms with van der Waals surface area (Å²) in [6, 6.07) is 0.577. The van der Waals surface area contributed by atoms with Crippen molar-refractivity contribution in [3.05, 3.63) is 0 Å². The van der Waals surface area contributed by atoms with Crippen molar-refractivity contribution in [3.8, 4) is 0 Å². The normalized spacial score (nSPS) is 20.6. The van der Waals surface area contributed by atoms with Crippen LogP contribution in [0.3, 0.4) is 0 Å². The molecule has 1 rings (SSSR count). The SMILES string of the molecule is CCCOCCN1CCN(C(CC)CN)CC1. The summed E-state index contributed by atoms with van der Waals surface area (Å²) in [5, 5.41) is 0. The molecule has 102 valence electrons. The second-order valence-electron chi connectivity index (χ2n) is 4.79. The van der Waals surface area contributed by atoms with Crippen LogP contribution in [0.4, 0.5) is 0 Å². The summed E-state index contributed by atoms with van der Waals surface area (Å²) in [6.45, 7) is 12.6. The van der Waals surface area contributed by atoms with Gasteiger partial charge in [0, 0.05) is 51.9 Å². The fourth-order valence-corrected chi connectivity index (χ4v) is 2.37. The number of ether oxygens (including phenoxy) is 1. The molecular formula is C13H29N3O. The van der Waals surface area contributed by atoms with Crippen molar-refractivity contribution in [1.29, 1.82) is 0 Å². The van der Waals surface area contributed by atoms with Crippen LogP contribution < -0.4 is 5.73 Å². The lowest BCUT2D eigenvalue weighted by Gasteiger charge is -2.38. The molecule has 1 saturated heterocycles. The van der Waals surface area contributed by atoms with Gasteiger partial charge in [0.15, 0.2) is 0 Å². The molecule has 1 fully saturated rings. The third-order valence-corrected chi connectivity index (χ3v) is 3.57. The molecule has 4 nitrogen and oxygen atoms in total. The summed E-state index contributed by atoms with van der Waals surface area (Å²) in [4.78, 5) is 5.03. The zero-order valence-electron chi connectivity index (χ0n) is 11.5. The van der Waals surface area contributed by atoms with Crippen LogP contribution in [0, 0.1) is 0 Å². The third kappa shape index (κ3) is 5.34. The fourth-order valence-electron chi connectivity index (χ4n) is 2.37. The Morgan fingerprint density at radius 2 is 1.82 bits per heavy atom. The molecule has 0 aromatic heterocycles. The van der Waals surface area contributed by atoms with Gasteiger partial charge in [-0.2, -0.15) is 0 Å². The fraction of sp³-hybridized carbons (Fsp3) is 1.00. The van der Waals surface area contributed by atoms with Crippen LogP contribution in [0.25, 0.3) is 0 Å². The molecule has 0 bridgehead atoms. The first-order chi connectivity index (χ1) is 8.31. The van der Waals surface area contributed by atoms with E-state index in [4.69, 9.17) is 10.5 Å². The summed E-state index contributed by atoms with van der Waals surface area (Å²) in [6.07, 6.45) is 2.28. The van der Waals surface area contributed by atoms with E-state index in [9.17, 15) is 0 Å². The van der Waals surface area contributed by atoms with Crippen molar-refractivity contribution >= 4 is 0 Å². The highest BCUT2D eigenvalue weighted by molar-refractivity contribution is 4.78. The van der Waals surface area contributed by atoms with E-state index in [2.05, 4.69) is 23.6 Å². The van der Waals surface area contributed by atoms with Gasteiger partial charge in [-0.1, -0.05) is 13.8 Å². The quantitative estimate of drug-likeness (QED) is 0.639. The van der Waals surface area contributed by atoms with E-state index in [0.29, 0.717) is 6.04 Å². The molecule has 0 radical (unpaired) electrons. The average Bonchev–Trinajstić information content (AvgIpc) is 2.38. The average molecular weight is 243 g/mol. The highest BCUT2D eigenvalue weighted by Crippen LogP contribution is 2.08. The van der Waals surface area contributed by atoms with Crippen molar-refractivity contribution in [3.63, 3.8) is 0 Å². The Kier molecular flexibility index (Phi) is 7.77. The summed E-state index contributed by atoms with van der Waals surface area (Å²) in [7, 11) is 0. The molecule has 4 heteroatoms. The van der Waals surface area contributed by atoms with Gasteiger partial charge in [-0.15, -0.1) is 0 Å². The topological polar surface area (TPSA) is 41.7 Å². The second kappa shape index (κ2) is 8.86. The van der Waals surface area contributed by atoms with Crippen LogP contribution in [0.1, 0.15) is 26.7 Å². The molecule has 2 N–H and O–H groups in total. The minimum Gasteiger partial charge on any atom is -0.380 e. The van der Waals surface area contributed by atoms with Crippen LogP contribution in [-0.2, 0) is 4.74 Å². The molecule has 0 saturated carbocycles. The number of hydrogen-bond donors (Lipinski definition) is 1. The van der Waals surface area contributed by atoms with E-state index < -0.39 is 0 Å². The van der Waals surface area contributed by atoms with Gasteiger partial charge in [0.1, 0.15) is 0 Å². The maximum absolute atomic E-state index is 5.79. The second-order valence-corrected chi connectivity index (χ2v) is 4.79. The molecule has 1 atom stereocenters. The molecule has 0 aromatic carbocycles. The minimum absolute atomic E-state index is 0.577. The molecular weight excluding hydrogens is 214 g/mol. The monoisotopic (exact) mass is 243 g/mol. The van der Waals surface area contributed by atoms with Gasteiger partial charge in [-0.3, -0.25) is 9.80 Å². The molecule has 0 aliphatic carbocycles. The molecule has 0 amide bonds. The zero-order valence-corrected chi connectivity index (χ0v) is 11.5. The van der Waals surface area contributed by atoms with Crippen LogP contribution in [0.15, 0.2) is 0 Å². The Morgan fingerprint density at radius 1 is 1.12 bits per heavy atom. The maximum Gasteiger partial charge on any atom is 0.0593 e. The predicted molar refractivity (Wildman–Crippen MR) is 72.3 cm³/mol. The Hall–Kier alpha value is -0.160. The maximum atomic E-state index is 5.79. The van der Waals surface area contributed by atoms with E-state index in [0.717, 1.165) is 65.3 Å². The van der Waals surface area contributed by atoms with Crippen molar-refractivity contribution in [2.24, 2.45) is 5.73 Å². The third-order valence-electron chi connectivity index (χ3n) is 3.57.